The Bertz CT molecular complexity index is 373. The Morgan fingerprint density at radius 1 is 1.60 bits per heavy atom. The van der Waals surface area contributed by atoms with Crippen molar-refractivity contribution in [1.29, 1.82) is 5.26 Å². The van der Waals surface area contributed by atoms with Crippen LogP contribution in [0.25, 0.3) is 0 Å². The van der Waals surface area contributed by atoms with Crippen LogP contribution >= 0.6 is 27.5 Å². The van der Waals surface area contributed by atoms with Crippen molar-refractivity contribution >= 4 is 27.5 Å². The lowest BCUT2D eigenvalue weighted by Crippen LogP contribution is -2.19. The maximum Gasteiger partial charge on any atom is 0.0666 e. The summed E-state index contributed by atoms with van der Waals surface area (Å²) in [6.07, 6.45) is 0. The normalized spacial score (nSPS) is 12.1. The molecule has 1 unspecified atom stereocenters. The van der Waals surface area contributed by atoms with E-state index >= 15 is 0 Å². The third-order valence-corrected chi connectivity index (χ3v) is 2.85. The largest absolute Gasteiger partial charge is 0.311 e. The predicted octanol–water partition coefficient (Wildman–Crippen LogP) is 3.35. The van der Waals surface area contributed by atoms with E-state index in [0.717, 1.165) is 15.1 Å². The monoisotopic (exact) mass is 286 g/mol. The van der Waals surface area contributed by atoms with Gasteiger partial charge in [-0.3, -0.25) is 0 Å². The Morgan fingerprint density at radius 2 is 2.33 bits per heavy atom. The number of benzene rings is 1. The van der Waals surface area contributed by atoms with Crippen molar-refractivity contribution in [2.24, 2.45) is 5.92 Å². The molecule has 80 valence electrons. The van der Waals surface area contributed by atoms with Crippen molar-refractivity contribution in [1.82, 2.24) is 5.32 Å². The fraction of sp³-hybridized carbons (Fsp3) is 0.364. The molecule has 0 aliphatic carbocycles. The number of hydrogen-bond acceptors (Lipinski definition) is 2. The van der Waals surface area contributed by atoms with Crippen LogP contribution in [0.5, 0.6) is 0 Å². The molecule has 2 nitrogen and oxygen atoms in total. The van der Waals surface area contributed by atoms with Crippen molar-refractivity contribution in [3.05, 3.63) is 33.3 Å². The van der Waals surface area contributed by atoms with E-state index in [0.29, 0.717) is 13.1 Å². The summed E-state index contributed by atoms with van der Waals surface area (Å²) >= 11 is 9.39. The van der Waals surface area contributed by atoms with Crippen LogP contribution in [0, 0.1) is 17.2 Å². The summed E-state index contributed by atoms with van der Waals surface area (Å²) in [4.78, 5) is 0. The van der Waals surface area contributed by atoms with Crippen molar-refractivity contribution in [2.75, 3.05) is 6.54 Å². The molecule has 0 saturated carbocycles. The summed E-state index contributed by atoms with van der Waals surface area (Å²) in [5.74, 6) is 0.0271. The number of nitrogens with zero attached hydrogens (tertiary/aromatic N) is 1. The molecule has 0 aliphatic heterocycles. The summed E-state index contributed by atoms with van der Waals surface area (Å²) in [6.45, 7) is 3.26. The molecule has 0 radical (unpaired) electrons. The molecule has 0 amide bonds. The lowest BCUT2D eigenvalue weighted by atomic mass is 10.2. The molecule has 1 aromatic carbocycles. The lowest BCUT2D eigenvalue weighted by Gasteiger charge is -2.07. The first-order valence-electron chi connectivity index (χ1n) is 4.67. The van der Waals surface area contributed by atoms with Crippen molar-refractivity contribution in [2.45, 2.75) is 13.5 Å². The first kappa shape index (κ1) is 12.5. The number of hydrogen-bond donors (Lipinski definition) is 1. The summed E-state index contributed by atoms with van der Waals surface area (Å²) in [7, 11) is 0. The zero-order valence-electron chi connectivity index (χ0n) is 8.43. The molecule has 0 fully saturated rings. The Hall–Kier alpha value is -0.560. The number of nitrogens with one attached hydrogen (secondary N) is 1. The quantitative estimate of drug-likeness (QED) is 0.922. The molecule has 1 atom stereocenters. The number of halogens is 2. The second-order valence-electron chi connectivity index (χ2n) is 3.40. The molecule has 0 heterocycles. The molecule has 0 aromatic heterocycles. The minimum Gasteiger partial charge on any atom is -0.311 e. The Morgan fingerprint density at radius 3 is 2.93 bits per heavy atom. The van der Waals surface area contributed by atoms with Crippen molar-refractivity contribution in [3.63, 3.8) is 0 Å². The Labute approximate surface area is 103 Å². The average Bonchev–Trinajstić information content (AvgIpc) is 2.21. The predicted molar refractivity (Wildman–Crippen MR) is 65.6 cm³/mol. The maximum absolute atomic E-state index is 8.60. The minimum absolute atomic E-state index is 0.0271. The highest BCUT2D eigenvalue weighted by Gasteiger charge is 2.02. The van der Waals surface area contributed by atoms with Gasteiger partial charge in [-0.05, 0) is 24.6 Å². The SMILES string of the molecule is CC(C#N)CNCc1ccc(Br)cc1Cl. The van der Waals surface area contributed by atoms with Crippen LogP contribution < -0.4 is 5.32 Å². The molecule has 0 aliphatic rings. The highest BCUT2D eigenvalue weighted by Crippen LogP contribution is 2.21. The van der Waals surface area contributed by atoms with Gasteiger partial charge in [-0.2, -0.15) is 5.26 Å². The van der Waals surface area contributed by atoms with Gasteiger partial charge >= 0.3 is 0 Å². The van der Waals surface area contributed by atoms with Crippen LogP contribution in [0.4, 0.5) is 0 Å². The number of rotatable bonds is 4. The van der Waals surface area contributed by atoms with Gasteiger partial charge in [0, 0.05) is 22.6 Å². The summed E-state index contributed by atoms with van der Waals surface area (Å²) in [6, 6.07) is 7.96. The highest BCUT2D eigenvalue weighted by atomic mass is 79.9. The molecule has 1 rings (SSSR count). The second-order valence-corrected chi connectivity index (χ2v) is 4.72. The molecule has 15 heavy (non-hydrogen) atoms. The van der Waals surface area contributed by atoms with Gasteiger partial charge < -0.3 is 5.32 Å². The Balaban J connectivity index is 2.48. The van der Waals surface area contributed by atoms with Crippen LogP contribution in [0.2, 0.25) is 5.02 Å². The van der Waals surface area contributed by atoms with Crippen molar-refractivity contribution < 1.29 is 0 Å². The van der Waals surface area contributed by atoms with Gasteiger partial charge in [-0.1, -0.05) is 33.6 Å². The van der Waals surface area contributed by atoms with Gasteiger partial charge in [-0.15, -0.1) is 0 Å². The van der Waals surface area contributed by atoms with Crippen LogP contribution in [-0.4, -0.2) is 6.54 Å². The molecule has 4 heteroatoms. The first-order valence-corrected chi connectivity index (χ1v) is 5.85. The van der Waals surface area contributed by atoms with E-state index in [1.54, 1.807) is 0 Å². The van der Waals surface area contributed by atoms with Gasteiger partial charge in [-0.25, -0.2) is 0 Å². The summed E-state index contributed by atoms with van der Waals surface area (Å²) in [5, 5.41) is 12.5. The van der Waals surface area contributed by atoms with E-state index < -0.39 is 0 Å². The van der Waals surface area contributed by atoms with E-state index in [2.05, 4.69) is 27.3 Å². The van der Waals surface area contributed by atoms with Crippen LogP contribution in [-0.2, 0) is 6.54 Å². The van der Waals surface area contributed by atoms with Crippen molar-refractivity contribution in [3.8, 4) is 6.07 Å². The smallest absolute Gasteiger partial charge is 0.0666 e. The fourth-order valence-corrected chi connectivity index (χ4v) is 1.87. The molecule has 1 N–H and O–H groups in total. The van der Waals surface area contributed by atoms with Gasteiger partial charge in [0.25, 0.3) is 0 Å². The molecule has 0 spiro atoms. The van der Waals surface area contributed by atoms with Crippen LogP contribution in [0.15, 0.2) is 22.7 Å². The van der Waals surface area contributed by atoms with E-state index in [-0.39, 0.29) is 5.92 Å². The zero-order valence-corrected chi connectivity index (χ0v) is 10.8. The van der Waals surface area contributed by atoms with E-state index in [4.69, 9.17) is 16.9 Å². The summed E-state index contributed by atoms with van der Waals surface area (Å²) in [5.41, 5.74) is 1.05. The topological polar surface area (TPSA) is 35.8 Å². The minimum atomic E-state index is 0.0271. The summed E-state index contributed by atoms with van der Waals surface area (Å²) < 4.78 is 0.974. The third-order valence-electron chi connectivity index (χ3n) is 2.00. The number of nitriles is 1. The standard InChI is InChI=1S/C11H12BrClN2/c1-8(5-14)6-15-7-9-2-3-10(12)4-11(9)13/h2-4,8,15H,6-7H2,1H3. The zero-order chi connectivity index (χ0) is 11.3. The van der Waals surface area contributed by atoms with Gasteiger partial charge in [0.1, 0.15) is 0 Å². The average molecular weight is 288 g/mol. The lowest BCUT2D eigenvalue weighted by molar-refractivity contribution is 0.602. The maximum atomic E-state index is 8.60. The molecule has 0 bridgehead atoms. The highest BCUT2D eigenvalue weighted by molar-refractivity contribution is 9.10. The van der Waals surface area contributed by atoms with E-state index in [1.165, 1.54) is 0 Å². The van der Waals surface area contributed by atoms with Crippen LogP contribution in [0.3, 0.4) is 0 Å². The molecular weight excluding hydrogens is 275 g/mol. The molecule has 1 aromatic rings. The Kier molecular flexibility index (Phi) is 5.10. The third kappa shape index (κ3) is 4.21. The van der Waals surface area contributed by atoms with Gasteiger partial charge in [0.2, 0.25) is 0 Å². The van der Waals surface area contributed by atoms with Crippen LogP contribution in [0.1, 0.15) is 12.5 Å². The van der Waals surface area contributed by atoms with Gasteiger partial charge in [0.05, 0.1) is 12.0 Å². The van der Waals surface area contributed by atoms with E-state index in [9.17, 15) is 0 Å². The van der Waals surface area contributed by atoms with E-state index in [1.807, 2.05) is 25.1 Å². The van der Waals surface area contributed by atoms with Gasteiger partial charge in [0.15, 0.2) is 0 Å². The first-order chi connectivity index (χ1) is 7.13. The molecule has 0 saturated heterocycles. The second kappa shape index (κ2) is 6.12. The fourth-order valence-electron chi connectivity index (χ4n) is 1.13. The molecular formula is C11H12BrClN2.